The van der Waals surface area contributed by atoms with Gasteiger partial charge in [-0.25, -0.2) is 0 Å². The Morgan fingerprint density at radius 1 is 1.33 bits per heavy atom. The van der Waals surface area contributed by atoms with Gasteiger partial charge in [0.05, 0.1) is 11.3 Å². The van der Waals surface area contributed by atoms with Gasteiger partial charge in [0.15, 0.2) is 0 Å². The zero-order valence-corrected chi connectivity index (χ0v) is 12.7. The summed E-state index contributed by atoms with van der Waals surface area (Å²) in [6, 6.07) is 4.00. The predicted molar refractivity (Wildman–Crippen MR) is 82.1 cm³/mol. The van der Waals surface area contributed by atoms with E-state index < -0.39 is 0 Å². The minimum Gasteiger partial charge on any atom is -0.352 e. The summed E-state index contributed by atoms with van der Waals surface area (Å²) in [6.45, 7) is 5.48. The van der Waals surface area contributed by atoms with Crippen molar-refractivity contribution in [1.82, 2.24) is 20.1 Å². The van der Waals surface area contributed by atoms with E-state index in [1.165, 1.54) is 5.56 Å². The molecule has 1 amide bonds. The molecule has 2 rings (SSSR count). The second kappa shape index (κ2) is 7.57. The second-order valence-corrected chi connectivity index (χ2v) is 5.11. The van der Waals surface area contributed by atoms with E-state index in [1.54, 1.807) is 12.4 Å². The van der Waals surface area contributed by atoms with E-state index in [-0.39, 0.29) is 5.91 Å². The molecule has 0 aliphatic rings. The van der Waals surface area contributed by atoms with Crippen LogP contribution in [0, 0.1) is 6.92 Å². The molecule has 5 nitrogen and oxygen atoms in total. The zero-order valence-electron chi connectivity index (χ0n) is 12.7. The van der Waals surface area contributed by atoms with Gasteiger partial charge in [-0.15, -0.1) is 0 Å². The van der Waals surface area contributed by atoms with Crippen molar-refractivity contribution in [3.8, 4) is 0 Å². The fourth-order valence-corrected chi connectivity index (χ4v) is 2.22. The van der Waals surface area contributed by atoms with Crippen molar-refractivity contribution in [3.63, 3.8) is 0 Å². The van der Waals surface area contributed by atoms with E-state index in [1.807, 2.05) is 29.9 Å². The van der Waals surface area contributed by atoms with Crippen LogP contribution < -0.4 is 5.32 Å². The molecule has 0 aromatic carbocycles. The van der Waals surface area contributed by atoms with Gasteiger partial charge in [0.2, 0.25) is 0 Å². The number of aryl methyl sites for hydroxylation is 3. The number of hydrogen-bond donors (Lipinski definition) is 1. The molecule has 0 bridgehead atoms. The molecule has 1 N–H and O–H groups in total. The summed E-state index contributed by atoms with van der Waals surface area (Å²) in [5.74, 6) is -0.0374. The van der Waals surface area contributed by atoms with Crippen LogP contribution in [0.4, 0.5) is 0 Å². The van der Waals surface area contributed by atoms with Crippen LogP contribution in [0.5, 0.6) is 0 Å². The van der Waals surface area contributed by atoms with Gasteiger partial charge in [0, 0.05) is 31.7 Å². The third-order valence-electron chi connectivity index (χ3n) is 3.32. The summed E-state index contributed by atoms with van der Waals surface area (Å²) in [7, 11) is 0. The molecular weight excluding hydrogens is 264 g/mol. The van der Waals surface area contributed by atoms with Gasteiger partial charge in [0.25, 0.3) is 5.91 Å². The summed E-state index contributed by atoms with van der Waals surface area (Å²) < 4.78 is 1.83. The number of rotatable bonds is 7. The molecule has 0 atom stereocenters. The first kappa shape index (κ1) is 15.2. The lowest BCUT2D eigenvalue weighted by molar-refractivity contribution is 0.0952. The van der Waals surface area contributed by atoms with Crippen LogP contribution in [0.1, 0.15) is 41.4 Å². The standard InChI is InChI=1S/C16H22N4O/c1-3-11-20-12-15(13(2)19-20)16(21)18-8-4-5-14-6-9-17-10-7-14/h6-7,9-10,12H,3-5,8,11H2,1-2H3,(H,18,21). The lowest BCUT2D eigenvalue weighted by atomic mass is 10.1. The summed E-state index contributed by atoms with van der Waals surface area (Å²) in [5, 5.41) is 7.30. The molecule has 0 unspecified atom stereocenters. The molecular formula is C16H22N4O. The Hall–Kier alpha value is -2.17. The number of carbonyl (C=O) groups is 1. The van der Waals surface area contributed by atoms with Crippen molar-refractivity contribution >= 4 is 5.91 Å². The first-order chi connectivity index (χ1) is 10.2. The third-order valence-corrected chi connectivity index (χ3v) is 3.32. The van der Waals surface area contributed by atoms with Crippen LogP contribution in [0.15, 0.2) is 30.7 Å². The monoisotopic (exact) mass is 286 g/mol. The quantitative estimate of drug-likeness (QED) is 0.795. The molecule has 21 heavy (non-hydrogen) atoms. The SMILES string of the molecule is CCCn1cc(C(=O)NCCCc2ccncc2)c(C)n1. The van der Waals surface area contributed by atoms with Crippen LogP contribution in [-0.4, -0.2) is 27.2 Å². The van der Waals surface area contributed by atoms with E-state index in [0.29, 0.717) is 12.1 Å². The Kier molecular flexibility index (Phi) is 5.49. The first-order valence-electron chi connectivity index (χ1n) is 7.42. The maximum absolute atomic E-state index is 12.1. The number of hydrogen-bond acceptors (Lipinski definition) is 3. The van der Waals surface area contributed by atoms with Gasteiger partial charge in [-0.2, -0.15) is 5.10 Å². The van der Waals surface area contributed by atoms with Gasteiger partial charge in [0.1, 0.15) is 0 Å². The zero-order chi connectivity index (χ0) is 15.1. The summed E-state index contributed by atoms with van der Waals surface area (Å²) in [6.07, 6.45) is 8.28. The highest BCUT2D eigenvalue weighted by Gasteiger charge is 2.12. The molecule has 0 fully saturated rings. The fraction of sp³-hybridized carbons (Fsp3) is 0.438. The average Bonchev–Trinajstić information content (AvgIpc) is 2.86. The lowest BCUT2D eigenvalue weighted by Crippen LogP contribution is -2.25. The lowest BCUT2D eigenvalue weighted by Gasteiger charge is -2.04. The van der Waals surface area contributed by atoms with Gasteiger partial charge < -0.3 is 5.32 Å². The van der Waals surface area contributed by atoms with Crippen LogP contribution in [0.2, 0.25) is 0 Å². The molecule has 0 aliphatic heterocycles. The van der Waals surface area contributed by atoms with Crippen LogP contribution in [0.3, 0.4) is 0 Å². The largest absolute Gasteiger partial charge is 0.352 e. The van der Waals surface area contributed by atoms with Gasteiger partial charge in [-0.05, 0) is 43.9 Å². The maximum atomic E-state index is 12.1. The molecule has 5 heteroatoms. The summed E-state index contributed by atoms with van der Waals surface area (Å²) in [5.41, 5.74) is 2.70. The molecule has 2 aromatic rings. The Labute approximate surface area is 125 Å². The maximum Gasteiger partial charge on any atom is 0.254 e. The van der Waals surface area contributed by atoms with Crippen molar-refractivity contribution in [2.45, 2.75) is 39.7 Å². The van der Waals surface area contributed by atoms with E-state index in [4.69, 9.17) is 0 Å². The molecule has 112 valence electrons. The predicted octanol–water partition coefficient (Wildman–Crippen LogP) is 2.36. The number of pyridine rings is 1. The molecule has 0 aliphatic carbocycles. The van der Waals surface area contributed by atoms with E-state index >= 15 is 0 Å². The van der Waals surface area contributed by atoms with Gasteiger partial charge in [-0.3, -0.25) is 14.5 Å². The van der Waals surface area contributed by atoms with E-state index in [0.717, 1.165) is 31.5 Å². The van der Waals surface area contributed by atoms with Crippen molar-refractivity contribution in [2.75, 3.05) is 6.54 Å². The molecule has 2 aromatic heterocycles. The number of nitrogens with one attached hydrogen (secondary N) is 1. The number of nitrogens with zero attached hydrogens (tertiary/aromatic N) is 3. The van der Waals surface area contributed by atoms with Crippen LogP contribution >= 0.6 is 0 Å². The summed E-state index contributed by atoms with van der Waals surface area (Å²) in [4.78, 5) is 16.1. The van der Waals surface area contributed by atoms with Crippen molar-refractivity contribution in [3.05, 3.63) is 47.5 Å². The second-order valence-electron chi connectivity index (χ2n) is 5.11. The highest BCUT2D eigenvalue weighted by atomic mass is 16.1. The van der Waals surface area contributed by atoms with E-state index in [9.17, 15) is 4.79 Å². The minimum absolute atomic E-state index is 0.0374. The number of carbonyl (C=O) groups excluding carboxylic acids is 1. The third kappa shape index (κ3) is 4.41. The Balaban J connectivity index is 1.79. The molecule has 0 radical (unpaired) electrons. The van der Waals surface area contributed by atoms with Gasteiger partial charge in [-0.1, -0.05) is 6.92 Å². The average molecular weight is 286 g/mol. The van der Waals surface area contributed by atoms with Crippen molar-refractivity contribution in [2.24, 2.45) is 0 Å². The fourth-order valence-electron chi connectivity index (χ4n) is 2.22. The minimum atomic E-state index is -0.0374. The molecule has 2 heterocycles. The molecule has 0 spiro atoms. The topological polar surface area (TPSA) is 59.8 Å². The highest BCUT2D eigenvalue weighted by molar-refractivity contribution is 5.94. The van der Waals surface area contributed by atoms with Gasteiger partial charge >= 0.3 is 0 Å². The summed E-state index contributed by atoms with van der Waals surface area (Å²) >= 11 is 0. The Morgan fingerprint density at radius 2 is 2.10 bits per heavy atom. The number of aromatic nitrogens is 3. The Bertz CT molecular complexity index is 577. The normalized spacial score (nSPS) is 10.6. The first-order valence-corrected chi connectivity index (χ1v) is 7.42. The highest BCUT2D eigenvalue weighted by Crippen LogP contribution is 2.06. The smallest absolute Gasteiger partial charge is 0.254 e. The molecule has 0 saturated carbocycles. The van der Waals surface area contributed by atoms with E-state index in [2.05, 4.69) is 22.3 Å². The number of amides is 1. The van der Waals surface area contributed by atoms with Crippen LogP contribution in [0.25, 0.3) is 0 Å². The van der Waals surface area contributed by atoms with Crippen molar-refractivity contribution < 1.29 is 4.79 Å². The van der Waals surface area contributed by atoms with Crippen LogP contribution in [-0.2, 0) is 13.0 Å². The molecule has 0 saturated heterocycles. The Morgan fingerprint density at radius 3 is 2.81 bits per heavy atom. The van der Waals surface area contributed by atoms with Crippen molar-refractivity contribution in [1.29, 1.82) is 0 Å².